The number of carbonyl (C=O) groups excluding carboxylic acids is 2. The van der Waals surface area contributed by atoms with E-state index in [1.807, 2.05) is 62.4 Å². The Bertz CT molecular complexity index is 1580. The largest absolute Gasteiger partial charge is 0.370 e. The zero-order valence-electron chi connectivity index (χ0n) is 21.8. The third-order valence-corrected chi connectivity index (χ3v) is 6.38. The van der Waals surface area contributed by atoms with Crippen molar-refractivity contribution in [3.63, 3.8) is 0 Å². The Labute approximate surface area is 225 Å². The minimum Gasteiger partial charge on any atom is -0.370 e. The number of halogens is 1. The van der Waals surface area contributed by atoms with E-state index in [0.717, 1.165) is 11.1 Å². The van der Waals surface area contributed by atoms with Crippen molar-refractivity contribution < 1.29 is 14.0 Å². The van der Waals surface area contributed by atoms with Gasteiger partial charge in [-0.3, -0.25) is 14.3 Å². The van der Waals surface area contributed by atoms with Crippen molar-refractivity contribution in [3.8, 4) is 11.3 Å². The fraction of sp³-hybridized carbons (Fsp3) is 0.207. The van der Waals surface area contributed by atoms with E-state index in [4.69, 9.17) is 4.99 Å². The molecule has 9 nitrogen and oxygen atoms in total. The number of rotatable bonds is 7. The number of aromatic nitrogens is 3. The molecule has 0 saturated carbocycles. The number of benzodiazepines with no additional fused rings is 1. The second-order valence-corrected chi connectivity index (χ2v) is 8.94. The molecule has 3 heterocycles. The summed E-state index contributed by atoms with van der Waals surface area (Å²) in [5, 5.41) is 13.1. The summed E-state index contributed by atoms with van der Waals surface area (Å²) in [5.41, 5.74) is 3.64. The smallest absolute Gasteiger partial charge is 0.269 e. The van der Waals surface area contributed by atoms with Crippen LogP contribution >= 0.6 is 0 Å². The first-order valence-electron chi connectivity index (χ1n) is 12.7. The maximum atomic E-state index is 15.2. The van der Waals surface area contributed by atoms with Crippen LogP contribution in [0.25, 0.3) is 11.3 Å². The Balaban J connectivity index is 1.56. The van der Waals surface area contributed by atoms with Crippen LogP contribution in [0.3, 0.4) is 0 Å². The predicted octanol–water partition coefficient (Wildman–Crippen LogP) is 4.39. The molecule has 3 N–H and O–H groups in total. The first-order chi connectivity index (χ1) is 18.9. The quantitative estimate of drug-likeness (QED) is 0.310. The number of fused-ring (bicyclic) bond motifs is 1. The zero-order valence-corrected chi connectivity index (χ0v) is 21.8. The summed E-state index contributed by atoms with van der Waals surface area (Å²) in [6.45, 7) is 6.39. The number of amides is 2. The lowest BCUT2D eigenvalue weighted by molar-refractivity contribution is -0.117. The maximum Gasteiger partial charge on any atom is 0.269 e. The molecular formula is C29H28FN7O2. The van der Waals surface area contributed by atoms with Crippen LogP contribution < -0.4 is 16.0 Å². The van der Waals surface area contributed by atoms with Gasteiger partial charge in [0.25, 0.3) is 11.8 Å². The molecule has 5 rings (SSSR count). The molecule has 2 aromatic carbocycles. The molecule has 0 fully saturated rings. The summed E-state index contributed by atoms with van der Waals surface area (Å²) in [4.78, 5) is 35.7. The summed E-state index contributed by atoms with van der Waals surface area (Å²) >= 11 is 0. The number of anilines is 2. The number of hydrogen-bond acceptors (Lipinski definition) is 6. The van der Waals surface area contributed by atoms with Gasteiger partial charge in [-0.15, -0.1) is 0 Å². The van der Waals surface area contributed by atoms with Crippen molar-refractivity contribution in [1.29, 1.82) is 0 Å². The van der Waals surface area contributed by atoms with Crippen molar-refractivity contribution in [2.45, 2.75) is 33.5 Å². The lowest BCUT2D eigenvalue weighted by atomic mass is 10.0. The molecule has 2 amide bonds. The number of aryl methyl sites for hydroxylation is 2. The summed E-state index contributed by atoms with van der Waals surface area (Å²) in [5.74, 6) is -1.43. The minimum atomic E-state index is -1.24. The average molecular weight is 526 g/mol. The number of nitrogens with one attached hydrogen (secondary N) is 3. The minimum absolute atomic E-state index is 0.135. The van der Waals surface area contributed by atoms with Crippen LogP contribution in [0, 0.1) is 12.9 Å². The maximum absolute atomic E-state index is 15.2. The SMILES string of the molecule is CCNc1ccc(-c2c(C(=O)N[C@H]3N=C(c4ccccc4)c4ccccc4NC3=O)c(C)nn2CC)c(F)n1. The van der Waals surface area contributed by atoms with Gasteiger partial charge >= 0.3 is 0 Å². The van der Waals surface area contributed by atoms with Crippen LogP contribution in [0.4, 0.5) is 15.9 Å². The second kappa shape index (κ2) is 10.9. The van der Waals surface area contributed by atoms with E-state index in [1.165, 1.54) is 0 Å². The first kappa shape index (κ1) is 25.8. The van der Waals surface area contributed by atoms with Crippen LogP contribution in [0.2, 0.25) is 0 Å². The van der Waals surface area contributed by atoms with Crippen LogP contribution in [0.1, 0.15) is 41.0 Å². The number of carbonyl (C=O) groups is 2. The van der Waals surface area contributed by atoms with E-state index in [-0.39, 0.29) is 16.8 Å². The van der Waals surface area contributed by atoms with E-state index in [0.29, 0.717) is 36.0 Å². The Morgan fingerprint density at radius 3 is 2.49 bits per heavy atom. The van der Waals surface area contributed by atoms with Gasteiger partial charge in [0.1, 0.15) is 5.82 Å². The highest BCUT2D eigenvalue weighted by molar-refractivity contribution is 6.20. The van der Waals surface area contributed by atoms with Crippen molar-refractivity contribution in [2.24, 2.45) is 4.99 Å². The second-order valence-electron chi connectivity index (χ2n) is 8.94. The lowest BCUT2D eigenvalue weighted by Gasteiger charge is -2.15. The fourth-order valence-electron chi connectivity index (χ4n) is 4.62. The summed E-state index contributed by atoms with van der Waals surface area (Å²) in [6.07, 6.45) is -1.24. The van der Waals surface area contributed by atoms with Gasteiger partial charge in [-0.25, -0.2) is 9.98 Å². The van der Waals surface area contributed by atoms with Crippen molar-refractivity contribution in [3.05, 3.63) is 95.1 Å². The van der Waals surface area contributed by atoms with Crippen LogP contribution in [0.5, 0.6) is 0 Å². The van der Waals surface area contributed by atoms with Gasteiger partial charge in [0.05, 0.1) is 33.9 Å². The molecule has 0 unspecified atom stereocenters. The number of benzene rings is 2. The van der Waals surface area contributed by atoms with Crippen LogP contribution in [-0.2, 0) is 11.3 Å². The Hall–Kier alpha value is -4.86. The van der Waals surface area contributed by atoms with Gasteiger partial charge in [0, 0.05) is 24.2 Å². The van der Waals surface area contributed by atoms with Gasteiger partial charge in [-0.2, -0.15) is 9.49 Å². The number of nitrogens with zero attached hydrogens (tertiary/aromatic N) is 4. The Morgan fingerprint density at radius 2 is 1.77 bits per heavy atom. The van der Waals surface area contributed by atoms with Crippen molar-refractivity contribution in [2.75, 3.05) is 17.2 Å². The molecule has 198 valence electrons. The lowest BCUT2D eigenvalue weighted by Crippen LogP contribution is -2.42. The molecule has 0 radical (unpaired) electrons. The molecule has 2 aromatic heterocycles. The Kier molecular flexibility index (Phi) is 7.18. The number of hydrogen-bond donors (Lipinski definition) is 3. The van der Waals surface area contributed by atoms with E-state index < -0.39 is 23.9 Å². The van der Waals surface area contributed by atoms with Gasteiger partial charge < -0.3 is 16.0 Å². The highest BCUT2D eigenvalue weighted by atomic mass is 19.1. The molecule has 39 heavy (non-hydrogen) atoms. The van der Waals surface area contributed by atoms with Crippen molar-refractivity contribution in [1.82, 2.24) is 20.1 Å². The summed E-state index contributed by atoms with van der Waals surface area (Å²) in [6, 6.07) is 20.0. The average Bonchev–Trinajstić information content (AvgIpc) is 3.20. The topological polar surface area (TPSA) is 113 Å². The monoisotopic (exact) mass is 525 g/mol. The van der Waals surface area contributed by atoms with Gasteiger partial charge in [0.15, 0.2) is 0 Å². The highest BCUT2D eigenvalue weighted by Crippen LogP contribution is 2.30. The molecule has 1 aliphatic heterocycles. The molecule has 0 spiro atoms. The van der Waals surface area contributed by atoms with Crippen LogP contribution in [0.15, 0.2) is 71.7 Å². The molecule has 1 aliphatic rings. The number of pyridine rings is 1. The molecule has 1 atom stereocenters. The number of para-hydroxylation sites is 1. The molecular weight excluding hydrogens is 497 g/mol. The molecule has 0 aliphatic carbocycles. The zero-order chi connectivity index (χ0) is 27.5. The molecule has 0 bridgehead atoms. The summed E-state index contributed by atoms with van der Waals surface area (Å²) in [7, 11) is 0. The van der Waals surface area contributed by atoms with E-state index in [1.54, 1.807) is 29.8 Å². The third-order valence-electron chi connectivity index (χ3n) is 6.38. The fourth-order valence-corrected chi connectivity index (χ4v) is 4.62. The predicted molar refractivity (Wildman–Crippen MR) is 148 cm³/mol. The van der Waals surface area contributed by atoms with Crippen molar-refractivity contribution >= 4 is 29.0 Å². The Morgan fingerprint density at radius 1 is 1.03 bits per heavy atom. The normalized spacial score (nSPS) is 14.6. The molecule has 10 heteroatoms. The highest BCUT2D eigenvalue weighted by Gasteiger charge is 2.31. The van der Waals surface area contributed by atoms with Gasteiger partial charge in [-0.05, 0) is 39.0 Å². The molecule has 0 saturated heterocycles. The van der Waals surface area contributed by atoms with E-state index >= 15 is 4.39 Å². The molecule has 4 aromatic rings. The summed E-state index contributed by atoms with van der Waals surface area (Å²) < 4.78 is 16.7. The van der Waals surface area contributed by atoms with Gasteiger partial charge in [0.2, 0.25) is 12.1 Å². The standard InChI is InChI=1S/C29H28FN7O2/c1-4-31-22-16-15-20(26(30)33-22)25-23(17(3)36-37(25)5-2)28(38)35-27-29(39)32-21-14-10-9-13-19(21)24(34-27)18-11-7-6-8-12-18/h6-16,27H,4-5H2,1-3H3,(H,31,33)(H,32,39)(H,35,38)/t27-/m1/s1. The van der Waals surface area contributed by atoms with E-state index in [9.17, 15) is 9.59 Å². The van der Waals surface area contributed by atoms with E-state index in [2.05, 4.69) is 26.0 Å². The van der Waals surface area contributed by atoms with Gasteiger partial charge in [-0.1, -0.05) is 48.5 Å². The van der Waals surface area contributed by atoms with Crippen LogP contribution in [-0.4, -0.2) is 45.0 Å². The first-order valence-corrected chi connectivity index (χ1v) is 12.7. The third kappa shape index (κ3) is 5.00. The number of aliphatic imine (C=N–C) groups is 1.